The molecule has 1 amide bonds. The Hall–Kier alpha value is -1.98. The Kier molecular flexibility index (Phi) is 3.39. The molecule has 1 aliphatic rings. The topological polar surface area (TPSA) is 55.1 Å². The van der Waals surface area contributed by atoms with E-state index in [-0.39, 0.29) is 17.9 Å². The highest BCUT2D eigenvalue weighted by Crippen LogP contribution is 2.35. The zero-order chi connectivity index (χ0) is 15.1. The molecule has 0 aromatic heterocycles. The van der Waals surface area contributed by atoms with Crippen molar-refractivity contribution in [3.8, 4) is 0 Å². The van der Waals surface area contributed by atoms with Crippen LogP contribution in [-0.2, 0) is 11.2 Å². The molecule has 1 atom stereocenters. The average Bonchev–Trinajstić information content (AvgIpc) is 2.79. The minimum Gasteiger partial charge on any atom is -0.325 e. The molecule has 0 saturated carbocycles. The summed E-state index contributed by atoms with van der Waals surface area (Å²) in [5.41, 5.74) is 7.86. The van der Waals surface area contributed by atoms with Crippen LogP contribution < -0.4 is 11.1 Å². The van der Waals surface area contributed by atoms with Crippen LogP contribution in [0.25, 0.3) is 0 Å². The van der Waals surface area contributed by atoms with Gasteiger partial charge in [0.2, 0.25) is 5.91 Å². The molecule has 0 radical (unpaired) electrons. The Bertz CT molecular complexity index is 749. The summed E-state index contributed by atoms with van der Waals surface area (Å²) >= 11 is 6.15. The molecule has 0 spiro atoms. The summed E-state index contributed by atoms with van der Waals surface area (Å²) in [4.78, 5) is 11.4. The van der Waals surface area contributed by atoms with Crippen molar-refractivity contribution < 1.29 is 13.6 Å². The second-order valence-corrected chi connectivity index (χ2v) is 5.28. The lowest BCUT2D eigenvalue weighted by Gasteiger charge is -2.16. The van der Waals surface area contributed by atoms with E-state index in [1.54, 1.807) is 12.1 Å². The Morgan fingerprint density at radius 1 is 1.24 bits per heavy atom. The predicted molar refractivity (Wildman–Crippen MR) is 76.2 cm³/mol. The minimum atomic E-state index is -0.990. The van der Waals surface area contributed by atoms with Gasteiger partial charge in [-0.2, -0.15) is 0 Å². The van der Waals surface area contributed by atoms with E-state index >= 15 is 0 Å². The number of fused-ring (bicyclic) bond motifs is 1. The zero-order valence-corrected chi connectivity index (χ0v) is 11.5. The van der Waals surface area contributed by atoms with Crippen LogP contribution in [0.4, 0.5) is 14.5 Å². The second kappa shape index (κ2) is 5.09. The van der Waals surface area contributed by atoms with Gasteiger partial charge in [0, 0.05) is 16.3 Å². The van der Waals surface area contributed by atoms with E-state index in [0.29, 0.717) is 16.3 Å². The third-order valence-electron chi connectivity index (χ3n) is 3.50. The van der Waals surface area contributed by atoms with Crippen LogP contribution in [0.15, 0.2) is 30.3 Å². The first-order valence-corrected chi connectivity index (χ1v) is 6.67. The molecule has 21 heavy (non-hydrogen) atoms. The van der Waals surface area contributed by atoms with Crippen molar-refractivity contribution in [2.75, 3.05) is 5.32 Å². The summed E-state index contributed by atoms with van der Waals surface area (Å²) in [5, 5.41) is 2.96. The second-order valence-electron chi connectivity index (χ2n) is 4.88. The van der Waals surface area contributed by atoms with Crippen molar-refractivity contribution in [1.29, 1.82) is 0 Å². The summed E-state index contributed by atoms with van der Waals surface area (Å²) in [7, 11) is 0. The molecule has 3 nitrogen and oxygen atoms in total. The highest BCUT2D eigenvalue weighted by Gasteiger charge is 2.24. The van der Waals surface area contributed by atoms with Crippen molar-refractivity contribution in [3.05, 3.63) is 63.7 Å². The van der Waals surface area contributed by atoms with E-state index in [1.807, 2.05) is 0 Å². The maximum Gasteiger partial charge on any atom is 0.228 e. The van der Waals surface area contributed by atoms with Gasteiger partial charge in [-0.15, -0.1) is 0 Å². The van der Waals surface area contributed by atoms with Gasteiger partial charge in [0.05, 0.1) is 12.5 Å². The Morgan fingerprint density at radius 3 is 2.76 bits per heavy atom. The van der Waals surface area contributed by atoms with Crippen molar-refractivity contribution in [2.24, 2.45) is 5.73 Å². The minimum absolute atomic E-state index is 0.0223. The maximum atomic E-state index is 13.8. The number of hydrogen-bond acceptors (Lipinski definition) is 2. The molecular weight excluding hydrogens is 298 g/mol. The number of nitrogens with two attached hydrogens (primary N) is 1. The summed E-state index contributed by atoms with van der Waals surface area (Å²) in [6.07, 6.45) is 0.220. The van der Waals surface area contributed by atoms with Crippen molar-refractivity contribution in [2.45, 2.75) is 12.5 Å². The number of nitrogens with one attached hydrogen (secondary N) is 1. The fraction of sp³-hybridized carbons (Fsp3) is 0.133. The summed E-state index contributed by atoms with van der Waals surface area (Å²) in [5.74, 6) is -2.09. The first-order chi connectivity index (χ1) is 9.97. The maximum absolute atomic E-state index is 13.8. The lowest BCUT2D eigenvalue weighted by Crippen LogP contribution is -2.15. The lowest BCUT2D eigenvalue weighted by molar-refractivity contribution is -0.115. The van der Waals surface area contributed by atoms with Gasteiger partial charge >= 0.3 is 0 Å². The van der Waals surface area contributed by atoms with Crippen LogP contribution >= 0.6 is 11.6 Å². The number of benzene rings is 2. The molecule has 0 bridgehead atoms. The number of halogens is 3. The SMILES string of the molecule is NC(c1cc2c(cc1Cl)NC(=O)C2)c1cccc(F)c1F. The molecule has 108 valence electrons. The Morgan fingerprint density at radius 2 is 2.00 bits per heavy atom. The highest BCUT2D eigenvalue weighted by atomic mass is 35.5. The molecule has 0 aliphatic carbocycles. The standard InChI is InChI=1S/C15H11ClF2N2O/c16-10-6-12-7(5-13(21)20-12)4-9(10)15(19)8-2-1-3-11(17)14(8)18/h1-4,6,15H,5,19H2,(H,20,21). The first kappa shape index (κ1) is 14.0. The number of rotatable bonds is 2. The first-order valence-electron chi connectivity index (χ1n) is 6.29. The number of hydrogen-bond donors (Lipinski definition) is 2. The summed E-state index contributed by atoms with van der Waals surface area (Å²) < 4.78 is 27.1. The van der Waals surface area contributed by atoms with E-state index in [0.717, 1.165) is 11.6 Å². The quantitative estimate of drug-likeness (QED) is 0.895. The molecule has 3 rings (SSSR count). The monoisotopic (exact) mass is 308 g/mol. The van der Waals surface area contributed by atoms with Crippen LogP contribution in [0.2, 0.25) is 5.02 Å². The molecule has 1 aliphatic heterocycles. The predicted octanol–water partition coefficient (Wildman–Crippen LogP) is 3.16. The van der Waals surface area contributed by atoms with Gasteiger partial charge in [0.25, 0.3) is 0 Å². The molecule has 6 heteroatoms. The van der Waals surface area contributed by atoms with E-state index in [1.165, 1.54) is 12.1 Å². The number of carbonyl (C=O) groups excluding carboxylic acids is 1. The van der Waals surface area contributed by atoms with Gasteiger partial charge in [-0.25, -0.2) is 8.78 Å². The normalized spacial score (nSPS) is 14.8. The molecule has 1 unspecified atom stereocenters. The van der Waals surface area contributed by atoms with Gasteiger partial charge in [0.1, 0.15) is 0 Å². The van der Waals surface area contributed by atoms with Gasteiger partial charge in [0.15, 0.2) is 11.6 Å². The molecule has 1 heterocycles. The van der Waals surface area contributed by atoms with E-state index in [4.69, 9.17) is 17.3 Å². The summed E-state index contributed by atoms with van der Waals surface area (Å²) in [6, 6.07) is 6.15. The highest BCUT2D eigenvalue weighted by molar-refractivity contribution is 6.32. The molecule has 0 fully saturated rings. The average molecular weight is 309 g/mol. The Labute approximate surface area is 124 Å². The smallest absolute Gasteiger partial charge is 0.228 e. The van der Waals surface area contributed by atoms with Crippen molar-refractivity contribution in [3.63, 3.8) is 0 Å². The van der Waals surface area contributed by atoms with Gasteiger partial charge in [-0.3, -0.25) is 4.79 Å². The number of amides is 1. The van der Waals surface area contributed by atoms with Gasteiger partial charge in [-0.05, 0) is 29.3 Å². The van der Waals surface area contributed by atoms with Crippen molar-refractivity contribution >= 4 is 23.2 Å². The molecule has 0 saturated heterocycles. The van der Waals surface area contributed by atoms with Crippen LogP contribution in [0.3, 0.4) is 0 Å². The zero-order valence-electron chi connectivity index (χ0n) is 10.8. The van der Waals surface area contributed by atoms with Crippen LogP contribution in [0.1, 0.15) is 22.7 Å². The van der Waals surface area contributed by atoms with Crippen LogP contribution in [0.5, 0.6) is 0 Å². The van der Waals surface area contributed by atoms with Crippen LogP contribution in [-0.4, -0.2) is 5.91 Å². The molecule has 2 aromatic carbocycles. The number of carbonyl (C=O) groups is 1. The van der Waals surface area contributed by atoms with Crippen LogP contribution in [0, 0.1) is 11.6 Å². The number of anilines is 1. The van der Waals surface area contributed by atoms with Gasteiger partial charge < -0.3 is 11.1 Å². The molecule has 2 aromatic rings. The Balaban J connectivity index is 2.06. The van der Waals surface area contributed by atoms with E-state index in [9.17, 15) is 13.6 Å². The molecule has 3 N–H and O–H groups in total. The van der Waals surface area contributed by atoms with E-state index in [2.05, 4.69) is 5.32 Å². The fourth-order valence-electron chi connectivity index (χ4n) is 2.43. The van der Waals surface area contributed by atoms with E-state index < -0.39 is 17.7 Å². The van der Waals surface area contributed by atoms with Gasteiger partial charge in [-0.1, -0.05) is 23.7 Å². The third kappa shape index (κ3) is 2.39. The largest absolute Gasteiger partial charge is 0.325 e. The summed E-state index contributed by atoms with van der Waals surface area (Å²) in [6.45, 7) is 0. The third-order valence-corrected chi connectivity index (χ3v) is 3.83. The molecular formula is C15H11ClF2N2O. The van der Waals surface area contributed by atoms with Crippen molar-refractivity contribution in [1.82, 2.24) is 0 Å². The lowest BCUT2D eigenvalue weighted by atomic mass is 9.96. The fourth-order valence-corrected chi connectivity index (χ4v) is 2.71.